The second kappa shape index (κ2) is 9.92. The predicted octanol–water partition coefficient (Wildman–Crippen LogP) is 5.82. The maximum Gasteiger partial charge on any atom is 0.322 e. The second-order valence-corrected chi connectivity index (χ2v) is 9.48. The number of benzene rings is 2. The highest BCUT2D eigenvalue weighted by atomic mass is 79.9. The molecule has 5 rings (SSSR count). The van der Waals surface area contributed by atoms with Crippen LogP contribution < -0.4 is 5.32 Å². The van der Waals surface area contributed by atoms with Gasteiger partial charge in [-0.25, -0.2) is 24.7 Å². The molecule has 1 N–H and O–H groups in total. The molecular weight excluding hydrogens is 504 g/mol. The Morgan fingerprint density at radius 2 is 1.91 bits per heavy atom. The van der Waals surface area contributed by atoms with E-state index in [1.165, 1.54) is 6.33 Å². The van der Waals surface area contributed by atoms with Gasteiger partial charge in [0.15, 0.2) is 5.82 Å². The van der Waals surface area contributed by atoms with Crippen LogP contribution in [0.4, 0.5) is 10.5 Å². The number of hydrogen-bond acceptors (Lipinski definition) is 5. The van der Waals surface area contributed by atoms with Crippen LogP contribution in [-0.4, -0.2) is 37.4 Å². The molecule has 2 aromatic heterocycles. The number of anilines is 1. The monoisotopic (exact) mass is 528 g/mol. The van der Waals surface area contributed by atoms with Gasteiger partial charge in [0.25, 0.3) is 0 Å². The smallest absolute Gasteiger partial charge is 0.320 e. The largest absolute Gasteiger partial charge is 0.322 e. The molecule has 1 aliphatic heterocycles. The number of carbonyl (C=O) groups is 1. The molecule has 0 fully saturated rings. The maximum absolute atomic E-state index is 13.2. The van der Waals surface area contributed by atoms with E-state index in [1.807, 2.05) is 29.2 Å². The van der Waals surface area contributed by atoms with Crippen LogP contribution in [0.1, 0.15) is 29.3 Å². The Bertz CT molecular complexity index is 1390. The fourth-order valence-corrected chi connectivity index (χ4v) is 4.86. The van der Waals surface area contributed by atoms with Gasteiger partial charge in [0, 0.05) is 46.6 Å². The minimum Gasteiger partial charge on any atom is -0.320 e. The SMILES string of the molecule is CCc1cc(Br)cc(NC(=O)N2CCc3nc(-c4cncnc4)nc(-c4ccccc4C)c3C2)c1. The van der Waals surface area contributed by atoms with Gasteiger partial charge in [-0.15, -0.1) is 0 Å². The van der Waals surface area contributed by atoms with Crippen LogP contribution >= 0.6 is 15.9 Å². The van der Waals surface area contributed by atoms with E-state index in [0.29, 0.717) is 25.3 Å². The van der Waals surface area contributed by atoms with Crippen molar-refractivity contribution in [3.8, 4) is 22.6 Å². The third-order valence-electron chi connectivity index (χ3n) is 6.18. The molecule has 0 atom stereocenters. The first-order chi connectivity index (χ1) is 17.0. The molecule has 7 nitrogen and oxygen atoms in total. The zero-order chi connectivity index (χ0) is 24.4. The highest BCUT2D eigenvalue weighted by molar-refractivity contribution is 9.10. The Morgan fingerprint density at radius 1 is 1.11 bits per heavy atom. The number of nitrogens with zero attached hydrogens (tertiary/aromatic N) is 5. The number of aromatic nitrogens is 4. The van der Waals surface area contributed by atoms with E-state index >= 15 is 0 Å². The molecule has 0 spiro atoms. The number of urea groups is 1. The van der Waals surface area contributed by atoms with Gasteiger partial charge in [-0.1, -0.05) is 47.1 Å². The summed E-state index contributed by atoms with van der Waals surface area (Å²) in [5, 5.41) is 3.07. The molecule has 0 bridgehead atoms. The molecule has 0 saturated carbocycles. The van der Waals surface area contributed by atoms with Crippen LogP contribution in [0.5, 0.6) is 0 Å². The Labute approximate surface area is 212 Å². The van der Waals surface area contributed by atoms with Crippen molar-refractivity contribution in [2.24, 2.45) is 0 Å². The van der Waals surface area contributed by atoms with Crippen molar-refractivity contribution in [1.29, 1.82) is 0 Å². The summed E-state index contributed by atoms with van der Waals surface area (Å²) < 4.78 is 0.948. The highest BCUT2D eigenvalue weighted by Gasteiger charge is 2.27. The fourth-order valence-electron chi connectivity index (χ4n) is 4.32. The number of hydrogen-bond donors (Lipinski definition) is 1. The van der Waals surface area contributed by atoms with Crippen LogP contribution in [-0.2, 0) is 19.4 Å². The van der Waals surface area contributed by atoms with Crippen molar-refractivity contribution in [3.05, 3.63) is 88.0 Å². The van der Waals surface area contributed by atoms with E-state index in [9.17, 15) is 4.79 Å². The van der Waals surface area contributed by atoms with Crippen molar-refractivity contribution in [3.63, 3.8) is 0 Å². The van der Waals surface area contributed by atoms with E-state index in [0.717, 1.165) is 55.8 Å². The van der Waals surface area contributed by atoms with E-state index in [-0.39, 0.29) is 6.03 Å². The molecule has 4 aromatic rings. The van der Waals surface area contributed by atoms with Gasteiger partial charge in [0.2, 0.25) is 0 Å². The topological polar surface area (TPSA) is 83.9 Å². The summed E-state index contributed by atoms with van der Waals surface area (Å²) in [4.78, 5) is 33.1. The highest BCUT2D eigenvalue weighted by Crippen LogP contribution is 2.32. The summed E-state index contributed by atoms with van der Waals surface area (Å²) in [6.45, 7) is 5.17. The summed E-state index contributed by atoms with van der Waals surface area (Å²) in [5.74, 6) is 0.599. The van der Waals surface area contributed by atoms with Crippen molar-refractivity contribution < 1.29 is 4.79 Å². The molecule has 0 saturated heterocycles. The Balaban J connectivity index is 1.50. The lowest BCUT2D eigenvalue weighted by Crippen LogP contribution is -2.39. The first kappa shape index (κ1) is 23.1. The number of aryl methyl sites for hydroxylation is 2. The predicted molar refractivity (Wildman–Crippen MR) is 140 cm³/mol. The first-order valence-corrected chi connectivity index (χ1v) is 12.4. The lowest BCUT2D eigenvalue weighted by molar-refractivity contribution is 0.206. The number of halogens is 1. The number of carbonyl (C=O) groups excluding carboxylic acids is 1. The molecule has 0 radical (unpaired) electrons. The van der Waals surface area contributed by atoms with Crippen molar-refractivity contribution in [2.45, 2.75) is 33.2 Å². The molecular formula is C27H25BrN6O. The lowest BCUT2D eigenvalue weighted by Gasteiger charge is -2.30. The average molecular weight is 529 g/mol. The van der Waals surface area contributed by atoms with Gasteiger partial charge in [-0.05, 0) is 42.7 Å². The molecule has 8 heteroatoms. The minimum absolute atomic E-state index is 0.132. The van der Waals surface area contributed by atoms with Gasteiger partial charge in [-0.2, -0.15) is 0 Å². The molecule has 2 aromatic carbocycles. The summed E-state index contributed by atoms with van der Waals surface area (Å²) >= 11 is 3.54. The summed E-state index contributed by atoms with van der Waals surface area (Å²) in [6, 6.07) is 14.0. The molecule has 3 heterocycles. The number of amides is 2. The zero-order valence-corrected chi connectivity index (χ0v) is 21.2. The first-order valence-electron chi connectivity index (χ1n) is 11.6. The van der Waals surface area contributed by atoms with Gasteiger partial charge < -0.3 is 10.2 Å². The molecule has 2 amide bonds. The standard InChI is InChI=1S/C27H25BrN6O/c1-3-18-10-20(28)12-21(11-18)31-27(35)34-9-8-24-23(15-34)25(22-7-5-4-6-17(22)2)33-26(32-24)19-13-29-16-30-14-19/h4-7,10-14,16H,3,8-9,15H2,1-2H3,(H,31,35). The quantitative estimate of drug-likeness (QED) is 0.360. The Kier molecular flexibility index (Phi) is 6.55. The Morgan fingerprint density at radius 3 is 2.69 bits per heavy atom. The average Bonchev–Trinajstić information content (AvgIpc) is 2.88. The van der Waals surface area contributed by atoms with Gasteiger partial charge in [0.05, 0.1) is 23.5 Å². The maximum atomic E-state index is 13.2. The summed E-state index contributed by atoms with van der Waals surface area (Å²) in [5.41, 5.74) is 7.64. The number of fused-ring (bicyclic) bond motifs is 1. The molecule has 176 valence electrons. The molecule has 0 unspecified atom stereocenters. The fraction of sp³-hybridized carbons (Fsp3) is 0.222. The van der Waals surface area contributed by atoms with Gasteiger partial charge in [0.1, 0.15) is 6.33 Å². The third kappa shape index (κ3) is 4.93. The van der Waals surface area contributed by atoms with E-state index in [1.54, 1.807) is 12.4 Å². The second-order valence-electron chi connectivity index (χ2n) is 8.57. The van der Waals surface area contributed by atoms with Gasteiger partial charge in [-0.3, -0.25) is 0 Å². The lowest BCUT2D eigenvalue weighted by atomic mass is 9.96. The summed E-state index contributed by atoms with van der Waals surface area (Å²) in [7, 11) is 0. The Hall–Kier alpha value is -3.65. The molecule has 35 heavy (non-hydrogen) atoms. The normalized spacial score (nSPS) is 12.8. The van der Waals surface area contributed by atoms with Crippen molar-refractivity contribution in [2.75, 3.05) is 11.9 Å². The number of nitrogens with one attached hydrogen (secondary N) is 1. The molecule has 0 aliphatic carbocycles. The van der Waals surface area contributed by atoms with E-state index in [4.69, 9.17) is 9.97 Å². The minimum atomic E-state index is -0.132. The van der Waals surface area contributed by atoms with Crippen molar-refractivity contribution in [1.82, 2.24) is 24.8 Å². The van der Waals surface area contributed by atoms with Crippen LogP contribution in [0.25, 0.3) is 22.6 Å². The van der Waals surface area contributed by atoms with E-state index < -0.39 is 0 Å². The van der Waals surface area contributed by atoms with Gasteiger partial charge >= 0.3 is 6.03 Å². The van der Waals surface area contributed by atoms with Crippen LogP contribution in [0.15, 0.2) is 65.7 Å². The zero-order valence-electron chi connectivity index (χ0n) is 19.6. The van der Waals surface area contributed by atoms with Crippen LogP contribution in [0, 0.1) is 6.92 Å². The van der Waals surface area contributed by atoms with Crippen LogP contribution in [0.3, 0.4) is 0 Å². The third-order valence-corrected chi connectivity index (χ3v) is 6.64. The van der Waals surface area contributed by atoms with Crippen LogP contribution in [0.2, 0.25) is 0 Å². The van der Waals surface area contributed by atoms with Crippen molar-refractivity contribution >= 4 is 27.6 Å². The van der Waals surface area contributed by atoms with E-state index in [2.05, 4.69) is 63.3 Å². The molecule has 1 aliphatic rings. The summed E-state index contributed by atoms with van der Waals surface area (Å²) in [6.07, 6.45) is 6.48. The number of rotatable bonds is 4.